The van der Waals surface area contributed by atoms with E-state index < -0.39 is 11.4 Å². The van der Waals surface area contributed by atoms with Gasteiger partial charge in [0.2, 0.25) is 5.91 Å². The van der Waals surface area contributed by atoms with Crippen LogP contribution in [0.4, 0.5) is 0 Å². The van der Waals surface area contributed by atoms with Gasteiger partial charge in [-0.15, -0.1) is 0 Å². The van der Waals surface area contributed by atoms with Crippen LogP contribution in [0.3, 0.4) is 0 Å². The Kier molecular flexibility index (Phi) is 2.85. The van der Waals surface area contributed by atoms with Gasteiger partial charge in [-0.05, 0) is 6.26 Å². The van der Waals surface area contributed by atoms with Crippen molar-refractivity contribution in [2.75, 3.05) is 25.1 Å². The van der Waals surface area contributed by atoms with Gasteiger partial charge in [-0.3, -0.25) is 9.59 Å². The second kappa shape index (κ2) is 3.57. The molecule has 0 aromatic rings. The largest absolute Gasteiger partial charge is 0.481 e. The van der Waals surface area contributed by atoms with Gasteiger partial charge in [0.05, 0.1) is 0 Å². The zero-order valence-electron chi connectivity index (χ0n) is 7.74. The number of carboxylic acid groups (broad SMARTS) is 1. The maximum absolute atomic E-state index is 10.9. The van der Waals surface area contributed by atoms with E-state index in [-0.39, 0.29) is 5.91 Å². The van der Waals surface area contributed by atoms with Gasteiger partial charge in [0.1, 0.15) is 5.41 Å². The van der Waals surface area contributed by atoms with Crippen LogP contribution in [-0.2, 0) is 9.59 Å². The van der Waals surface area contributed by atoms with Gasteiger partial charge in [-0.25, -0.2) is 0 Å². The molecule has 0 spiro atoms. The fourth-order valence-electron chi connectivity index (χ4n) is 1.47. The van der Waals surface area contributed by atoms with E-state index in [0.717, 1.165) is 0 Å². The Morgan fingerprint density at radius 2 is 2.08 bits per heavy atom. The lowest BCUT2D eigenvalue weighted by atomic mass is 9.82. The lowest BCUT2D eigenvalue weighted by molar-refractivity contribution is -0.162. The third-order valence-corrected chi connectivity index (χ3v) is 3.15. The smallest absolute Gasteiger partial charge is 0.314 e. The van der Waals surface area contributed by atoms with Crippen molar-refractivity contribution in [2.24, 2.45) is 5.41 Å². The zero-order valence-corrected chi connectivity index (χ0v) is 8.56. The number of likely N-dealkylation sites (tertiary alicyclic amines) is 1. The van der Waals surface area contributed by atoms with Crippen molar-refractivity contribution in [3.63, 3.8) is 0 Å². The molecule has 5 heteroatoms. The molecule has 1 fully saturated rings. The predicted octanol–water partition coefficient (Wildman–Crippen LogP) is 0.283. The number of carbonyl (C=O) groups is 2. The molecule has 1 rings (SSSR count). The van der Waals surface area contributed by atoms with E-state index in [1.165, 1.54) is 18.7 Å². The van der Waals surface area contributed by atoms with Gasteiger partial charge < -0.3 is 10.0 Å². The summed E-state index contributed by atoms with van der Waals surface area (Å²) in [7, 11) is 0. The van der Waals surface area contributed by atoms with Crippen molar-refractivity contribution >= 4 is 23.6 Å². The summed E-state index contributed by atoms with van der Waals surface area (Å²) >= 11 is 1.51. The van der Waals surface area contributed by atoms with Crippen LogP contribution >= 0.6 is 11.8 Å². The molecule has 0 atom stereocenters. The molecule has 0 aliphatic carbocycles. The van der Waals surface area contributed by atoms with E-state index in [0.29, 0.717) is 18.8 Å². The first kappa shape index (κ1) is 10.4. The van der Waals surface area contributed by atoms with E-state index in [9.17, 15) is 9.59 Å². The highest BCUT2D eigenvalue weighted by Gasteiger charge is 2.50. The number of carboxylic acids is 1. The van der Waals surface area contributed by atoms with Crippen LogP contribution in [0, 0.1) is 5.41 Å². The average Bonchev–Trinajstić information content (AvgIpc) is 1.94. The highest BCUT2D eigenvalue weighted by molar-refractivity contribution is 7.98. The average molecular weight is 203 g/mol. The molecule has 0 bridgehead atoms. The van der Waals surface area contributed by atoms with Gasteiger partial charge in [-0.2, -0.15) is 11.8 Å². The molecule has 0 aromatic carbocycles. The molecule has 0 unspecified atom stereocenters. The second-order valence-electron chi connectivity index (χ2n) is 3.39. The Balaban J connectivity index is 2.58. The van der Waals surface area contributed by atoms with E-state index in [2.05, 4.69) is 0 Å². The maximum atomic E-state index is 10.9. The molecule has 0 saturated carbocycles. The molecule has 1 amide bonds. The standard InChI is InChI=1S/C8H13NO3S/c1-6(10)9-3-8(4-9,5-13-2)7(11)12/h3-5H2,1-2H3,(H,11,12). The summed E-state index contributed by atoms with van der Waals surface area (Å²) in [6.07, 6.45) is 1.88. The zero-order chi connectivity index (χ0) is 10.1. The molecular weight excluding hydrogens is 190 g/mol. The normalized spacial score (nSPS) is 19.4. The summed E-state index contributed by atoms with van der Waals surface area (Å²) in [5, 5.41) is 8.96. The summed E-state index contributed by atoms with van der Waals surface area (Å²) in [6, 6.07) is 0. The number of hydrogen-bond donors (Lipinski definition) is 1. The molecule has 13 heavy (non-hydrogen) atoms. The summed E-state index contributed by atoms with van der Waals surface area (Å²) < 4.78 is 0. The van der Waals surface area contributed by atoms with Gasteiger partial charge in [0.15, 0.2) is 0 Å². The first-order chi connectivity index (χ1) is 6.02. The first-order valence-electron chi connectivity index (χ1n) is 4.00. The number of carbonyl (C=O) groups excluding carboxylic acids is 1. The van der Waals surface area contributed by atoms with Gasteiger partial charge in [0.25, 0.3) is 0 Å². The minimum atomic E-state index is -0.792. The molecule has 1 saturated heterocycles. The third-order valence-electron chi connectivity index (χ3n) is 2.31. The van der Waals surface area contributed by atoms with Crippen molar-refractivity contribution in [1.29, 1.82) is 0 Å². The highest BCUT2D eigenvalue weighted by Crippen LogP contribution is 2.33. The van der Waals surface area contributed by atoms with Gasteiger partial charge in [-0.1, -0.05) is 0 Å². The highest BCUT2D eigenvalue weighted by atomic mass is 32.2. The molecule has 0 aromatic heterocycles. The van der Waals surface area contributed by atoms with Crippen LogP contribution < -0.4 is 0 Å². The summed E-state index contributed by atoms with van der Waals surface area (Å²) in [6.45, 7) is 2.18. The van der Waals surface area contributed by atoms with Gasteiger partial charge in [0, 0.05) is 25.8 Å². The molecule has 1 N–H and O–H groups in total. The van der Waals surface area contributed by atoms with Crippen molar-refractivity contribution < 1.29 is 14.7 Å². The summed E-state index contributed by atoms with van der Waals surface area (Å²) in [5.41, 5.74) is -0.689. The third kappa shape index (κ3) is 1.80. The molecular formula is C8H13NO3S. The van der Waals surface area contributed by atoms with Crippen molar-refractivity contribution in [2.45, 2.75) is 6.92 Å². The number of hydrogen-bond acceptors (Lipinski definition) is 3. The second-order valence-corrected chi connectivity index (χ2v) is 4.26. The Bertz CT molecular complexity index is 236. The van der Waals surface area contributed by atoms with E-state index in [1.807, 2.05) is 6.26 Å². The summed E-state index contributed by atoms with van der Waals surface area (Å²) in [4.78, 5) is 23.3. The number of thioether (sulfide) groups is 1. The Labute approximate surface area is 81.3 Å². The van der Waals surface area contributed by atoms with E-state index in [1.54, 1.807) is 4.90 Å². The van der Waals surface area contributed by atoms with Crippen LogP contribution in [0.1, 0.15) is 6.92 Å². The lowest BCUT2D eigenvalue weighted by Crippen LogP contribution is -2.63. The number of aliphatic carboxylic acids is 1. The molecule has 1 aliphatic rings. The SMILES string of the molecule is CSCC1(C(=O)O)CN(C(C)=O)C1. The topological polar surface area (TPSA) is 57.6 Å². The molecule has 4 nitrogen and oxygen atoms in total. The van der Waals surface area contributed by atoms with Crippen molar-refractivity contribution in [3.05, 3.63) is 0 Å². The maximum Gasteiger partial charge on any atom is 0.314 e. The van der Waals surface area contributed by atoms with E-state index in [4.69, 9.17) is 5.11 Å². The van der Waals surface area contributed by atoms with Crippen LogP contribution in [0.5, 0.6) is 0 Å². The lowest BCUT2D eigenvalue weighted by Gasteiger charge is -2.46. The summed E-state index contributed by atoms with van der Waals surface area (Å²) in [5.74, 6) is -0.260. The van der Waals surface area contributed by atoms with Gasteiger partial charge >= 0.3 is 5.97 Å². The number of nitrogens with zero attached hydrogens (tertiary/aromatic N) is 1. The van der Waals surface area contributed by atoms with Crippen LogP contribution in [0.25, 0.3) is 0 Å². The predicted molar refractivity (Wildman–Crippen MR) is 50.7 cm³/mol. The Morgan fingerprint density at radius 3 is 2.38 bits per heavy atom. The first-order valence-corrected chi connectivity index (χ1v) is 5.39. The molecule has 1 heterocycles. The molecule has 1 aliphatic heterocycles. The van der Waals surface area contributed by atoms with Crippen LogP contribution in [-0.4, -0.2) is 47.0 Å². The fourth-order valence-corrected chi connectivity index (χ4v) is 2.33. The minimum Gasteiger partial charge on any atom is -0.481 e. The van der Waals surface area contributed by atoms with Crippen molar-refractivity contribution in [3.8, 4) is 0 Å². The Morgan fingerprint density at radius 1 is 1.54 bits per heavy atom. The Hall–Kier alpha value is -0.710. The molecule has 74 valence electrons. The quantitative estimate of drug-likeness (QED) is 0.716. The van der Waals surface area contributed by atoms with Crippen LogP contribution in [0.15, 0.2) is 0 Å². The monoisotopic (exact) mass is 203 g/mol. The molecule has 0 radical (unpaired) electrons. The number of rotatable bonds is 3. The minimum absolute atomic E-state index is 0.0435. The van der Waals surface area contributed by atoms with Crippen molar-refractivity contribution in [1.82, 2.24) is 4.90 Å². The number of amides is 1. The fraction of sp³-hybridized carbons (Fsp3) is 0.750. The van der Waals surface area contributed by atoms with Crippen LogP contribution in [0.2, 0.25) is 0 Å². The van der Waals surface area contributed by atoms with E-state index >= 15 is 0 Å².